The predicted molar refractivity (Wildman–Crippen MR) is 118 cm³/mol. The van der Waals surface area contributed by atoms with E-state index in [0.717, 1.165) is 41.9 Å². The maximum Gasteiger partial charge on any atom is 0.259 e. The average Bonchev–Trinajstić information content (AvgIpc) is 3.43. The Morgan fingerprint density at radius 3 is 2.59 bits per heavy atom. The number of carbonyl (C=O) groups excluding carboxylic acids is 1. The number of pyridine rings is 1. The second-order valence-corrected chi connectivity index (χ2v) is 8.05. The number of nitrogens with zero attached hydrogens (tertiary/aromatic N) is 5. The van der Waals surface area contributed by atoms with Crippen molar-refractivity contribution in [2.75, 3.05) is 0 Å². The van der Waals surface area contributed by atoms with Gasteiger partial charge in [0.05, 0.1) is 23.0 Å². The van der Waals surface area contributed by atoms with Crippen LogP contribution >= 0.6 is 0 Å². The molecule has 0 radical (unpaired) electrons. The van der Waals surface area contributed by atoms with Crippen LogP contribution in [0.3, 0.4) is 0 Å². The third-order valence-corrected chi connectivity index (χ3v) is 5.73. The third kappa shape index (κ3) is 4.03. The summed E-state index contributed by atoms with van der Waals surface area (Å²) in [4.78, 5) is 21.6. The smallest absolute Gasteiger partial charge is 0.259 e. The number of aromatic nitrogens is 5. The molecule has 1 aliphatic carbocycles. The molecule has 8 nitrogen and oxygen atoms in total. The number of hydrogen-bond donors (Lipinski definition) is 1. The number of amides is 1. The summed E-state index contributed by atoms with van der Waals surface area (Å²) in [6.45, 7) is 4.44. The monoisotopic (exact) mass is 428 g/mol. The number of carbonyl (C=O) groups is 1. The molecule has 3 aromatic heterocycles. The second-order valence-electron chi connectivity index (χ2n) is 8.05. The summed E-state index contributed by atoms with van der Waals surface area (Å²) >= 11 is 0. The van der Waals surface area contributed by atoms with Gasteiger partial charge in [-0.25, -0.2) is 9.67 Å². The van der Waals surface area contributed by atoms with Crippen LogP contribution in [0.1, 0.15) is 58.7 Å². The molecule has 5 rings (SSSR count). The van der Waals surface area contributed by atoms with Gasteiger partial charge in [0, 0.05) is 18.7 Å². The van der Waals surface area contributed by atoms with E-state index in [1.54, 1.807) is 17.1 Å². The Morgan fingerprint density at radius 2 is 1.91 bits per heavy atom. The highest BCUT2D eigenvalue weighted by molar-refractivity contribution is 5.95. The number of benzene rings is 1. The van der Waals surface area contributed by atoms with Gasteiger partial charge < -0.3 is 9.84 Å². The molecule has 0 saturated heterocycles. The van der Waals surface area contributed by atoms with Crippen LogP contribution in [0.25, 0.3) is 17.3 Å². The van der Waals surface area contributed by atoms with Gasteiger partial charge in [-0.2, -0.15) is 10.1 Å². The molecule has 1 N–H and O–H groups in total. The van der Waals surface area contributed by atoms with E-state index in [9.17, 15) is 4.79 Å². The van der Waals surface area contributed by atoms with Crippen molar-refractivity contribution in [1.82, 2.24) is 30.2 Å². The van der Waals surface area contributed by atoms with E-state index in [-0.39, 0.29) is 5.91 Å². The summed E-state index contributed by atoms with van der Waals surface area (Å²) in [6, 6.07) is 11.9. The lowest BCUT2D eigenvalue weighted by atomic mass is 10.1. The van der Waals surface area contributed by atoms with Gasteiger partial charge in [0.15, 0.2) is 11.6 Å². The van der Waals surface area contributed by atoms with Crippen molar-refractivity contribution in [3.63, 3.8) is 0 Å². The first kappa shape index (κ1) is 20.1. The maximum atomic E-state index is 12.7. The largest absolute Gasteiger partial charge is 0.348 e. The van der Waals surface area contributed by atoms with Crippen molar-refractivity contribution < 1.29 is 9.32 Å². The molecule has 1 fully saturated rings. The highest BCUT2D eigenvalue weighted by Gasteiger charge is 2.29. The Kier molecular flexibility index (Phi) is 5.26. The number of hydrogen-bond acceptors (Lipinski definition) is 6. The van der Waals surface area contributed by atoms with Gasteiger partial charge in [-0.3, -0.25) is 4.79 Å². The van der Waals surface area contributed by atoms with Gasteiger partial charge in [-0.15, -0.1) is 0 Å². The van der Waals surface area contributed by atoms with Crippen LogP contribution in [0.4, 0.5) is 0 Å². The lowest BCUT2D eigenvalue weighted by molar-refractivity contribution is 0.0950. The minimum absolute atomic E-state index is 0.164. The topological polar surface area (TPSA) is 98.7 Å². The zero-order valence-electron chi connectivity index (χ0n) is 18.1. The number of nitrogens with one attached hydrogen (secondary N) is 1. The van der Waals surface area contributed by atoms with Crippen molar-refractivity contribution in [2.45, 2.75) is 45.6 Å². The fraction of sp³-hybridized carbons (Fsp3) is 0.292. The fourth-order valence-electron chi connectivity index (χ4n) is 3.53. The van der Waals surface area contributed by atoms with Gasteiger partial charge >= 0.3 is 0 Å². The van der Waals surface area contributed by atoms with Crippen LogP contribution in [0.5, 0.6) is 0 Å². The summed E-state index contributed by atoms with van der Waals surface area (Å²) in [5.41, 5.74) is 4.33. The van der Waals surface area contributed by atoms with Crippen LogP contribution in [0, 0.1) is 6.92 Å². The third-order valence-electron chi connectivity index (χ3n) is 5.73. The zero-order valence-corrected chi connectivity index (χ0v) is 18.1. The molecule has 8 heteroatoms. The Labute approximate surface area is 185 Å². The number of rotatable bonds is 7. The molecule has 0 unspecified atom stereocenters. The molecule has 0 aliphatic heterocycles. The molecule has 0 bridgehead atoms. The van der Waals surface area contributed by atoms with Gasteiger partial charge in [-0.05, 0) is 49.4 Å². The van der Waals surface area contributed by atoms with Crippen molar-refractivity contribution in [2.24, 2.45) is 0 Å². The molecule has 4 aromatic rings. The molecule has 1 saturated carbocycles. The minimum atomic E-state index is -0.164. The van der Waals surface area contributed by atoms with Crippen LogP contribution in [0.2, 0.25) is 0 Å². The fourth-order valence-corrected chi connectivity index (χ4v) is 3.53. The van der Waals surface area contributed by atoms with E-state index < -0.39 is 0 Å². The van der Waals surface area contributed by atoms with Crippen molar-refractivity contribution in [3.8, 4) is 17.3 Å². The quantitative estimate of drug-likeness (QED) is 0.478. The van der Waals surface area contributed by atoms with Crippen LogP contribution < -0.4 is 5.32 Å². The highest BCUT2D eigenvalue weighted by atomic mass is 16.5. The molecule has 0 atom stereocenters. The second kappa shape index (κ2) is 8.37. The molecule has 1 amide bonds. The Morgan fingerprint density at radius 1 is 1.12 bits per heavy atom. The van der Waals surface area contributed by atoms with Crippen molar-refractivity contribution >= 4 is 5.91 Å². The van der Waals surface area contributed by atoms with Crippen molar-refractivity contribution in [3.05, 3.63) is 77.0 Å². The Bertz CT molecular complexity index is 1240. The highest BCUT2D eigenvalue weighted by Crippen LogP contribution is 2.38. The normalized spacial score (nSPS) is 13.3. The maximum absolute atomic E-state index is 12.7. The molecule has 1 aliphatic rings. The van der Waals surface area contributed by atoms with E-state index in [1.807, 2.05) is 31.2 Å². The summed E-state index contributed by atoms with van der Waals surface area (Å²) < 4.78 is 7.01. The van der Waals surface area contributed by atoms with Crippen LogP contribution in [-0.2, 0) is 13.0 Å². The van der Waals surface area contributed by atoms with E-state index in [4.69, 9.17) is 4.52 Å². The SMILES string of the molecule is CCc1ccc(CNC(=O)c2cnn(-c3ccc(-c4nc(C5CC5)no4)cn3)c2C)cc1. The Balaban J connectivity index is 1.27. The average molecular weight is 428 g/mol. The first-order valence-corrected chi connectivity index (χ1v) is 10.8. The molecule has 162 valence electrons. The summed E-state index contributed by atoms with van der Waals surface area (Å²) in [7, 11) is 0. The van der Waals surface area contributed by atoms with Gasteiger partial charge in [0.1, 0.15) is 0 Å². The lowest BCUT2D eigenvalue weighted by Gasteiger charge is -2.07. The van der Waals surface area contributed by atoms with Crippen molar-refractivity contribution in [1.29, 1.82) is 0 Å². The minimum Gasteiger partial charge on any atom is -0.348 e. The molecule has 1 aromatic carbocycles. The molecule has 0 spiro atoms. The molecular weight excluding hydrogens is 404 g/mol. The summed E-state index contributed by atoms with van der Waals surface area (Å²) in [6.07, 6.45) is 6.49. The molecule has 3 heterocycles. The lowest BCUT2D eigenvalue weighted by Crippen LogP contribution is -2.23. The zero-order chi connectivity index (χ0) is 22.1. The number of aryl methyl sites for hydroxylation is 1. The van der Waals surface area contributed by atoms with Gasteiger partial charge in [0.25, 0.3) is 11.8 Å². The molecular formula is C24H24N6O2. The predicted octanol–water partition coefficient (Wildman–Crippen LogP) is 4.00. The van der Waals surface area contributed by atoms with Crippen LogP contribution in [0.15, 0.2) is 53.3 Å². The Hall–Kier alpha value is -3.81. The summed E-state index contributed by atoms with van der Waals surface area (Å²) in [5.74, 6) is 2.12. The standard InChI is InChI=1S/C24H24N6O2/c1-3-16-4-6-17(7-5-16)12-26-23(31)20-14-27-30(15(20)2)21-11-10-19(13-25-21)24-28-22(29-32-24)18-8-9-18/h4-7,10-11,13-14,18H,3,8-9,12H2,1-2H3,(H,26,31). The van der Waals surface area contributed by atoms with E-state index in [1.165, 1.54) is 5.56 Å². The van der Waals surface area contributed by atoms with Crippen LogP contribution in [-0.4, -0.2) is 30.8 Å². The van der Waals surface area contributed by atoms with Gasteiger partial charge in [-0.1, -0.05) is 36.3 Å². The van der Waals surface area contributed by atoms with E-state index in [2.05, 4.69) is 44.6 Å². The summed E-state index contributed by atoms with van der Waals surface area (Å²) in [5, 5.41) is 11.4. The van der Waals surface area contributed by atoms with E-state index in [0.29, 0.717) is 29.7 Å². The molecule has 32 heavy (non-hydrogen) atoms. The first-order chi connectivity index (χ1) is 15.6. The van der Waals surface area contributed by atoms with E-state index >= 15 is 0 Å². The first-order valence-electron chi connectivity index (χ1n) is 10.8. The van der Waals surface area contributed by atoms with Gasteiger partial charge in [0.2, 0.25) is 0 Å².